The monoisotopic (exact) mass is 351 g/mol. The normalized spacial score (nSPS) is 21.5. The molecule has 0 bridgehead atoms. The van der Waals surface area contributed by atoms with Crippen molar-refractivity contribution in [1.82, 2.24) is 4.31 Å². The predicted octanol–water partition coefficient (Wildman–Crippen LogP) is 0.624. The Kier molecular flexibility index (Phi) is 4.35. The van der Waals surface area contributed by atoms with Crippen LogP contribution >= 0.6 is 0 Å². The zero-order valence-electron chi connectivity index (χ0n) is 13.6. The number of primary amides is 1. The zero-order chi connectivity index (χ0) is 17.5. The average molecular weight is 351 g/mol. The topological polar surface area (TPSA) is 101 Å². The van der Waals surface area contributed by atoms with E-state index in [4.69, 9.17) is 5.73 Å². The van der Waals surface area contributed by atoms with Crippen LogP contribution in [0.4, 0.5) is 5.69 Å². The maximum absolute atomic E-state index is 12.9. The number of nitrogens with zero attached hydrogens (tertiary/aromatic N) is 2. The Balaban J connectivity index is 1.98. The Morgan fingerprint density at radius 3 is 2.62 bits per heavy atom. The van der Waals surface area contributed by atoms with Crippen molar-refractivity contribution in [3.63, 3.8) is 0 Å². The lowest BCUT2D eigenvalue weighted by atomic mass is 10.0. The molecular formula is C16H21N3O4S. The molecule has 8 heteroatoms. The van der Waals surface area contributed by atoms with E-state index >= 15 is 0 Å². The number of hydrogen-bond acceptors (Lipinski definition) is 4. The molecule has 0 aromatic heterocycles. The smallest absolute Gasteiger partial charge is 0.243 e. The molecule has 1 aromatic carbocycles. The first-order chi connectivity index (χ1) is 11.3. The number of sulfonamides is 1. The number of amides is 2. The van der Waals surface area contributed by atoms with Gasteiger partial charge in [-0.3, -0.25) is 9.59 Å². The second kappa shape index (κ2) is 6.18. The van der Waals surface area contributed by atoms with Crippen molar-refractivity contribution in [3.05, 3.63) is 23.8 Å². The maximum Gasteiger partial charge on any atom is 0.243 e. The van der Waals surface area contributed by atoms with Crippen LogP contribution in [0.1, 0.15) is 31.7 Å². The molecule has 2 aliphatic heterocycles. The molecule has 24 heavy (non-hydrogen) atoms. The minimum absolute atomic E-state index is 0.0557. The van der Waals surface area contributed by atoms with Crippen molar-refractivity contribution in [2.45, 2.75) is 43.5 Å². The van der Waals surface area contributed by atoms with E-state index < -0.39 is 22.0 Å². The molecule has 0 radical (unpaired) electrons. The van der Waals surface area contributed by atoms with Gasteiger partial charge in [-0.2, -0.15) is 4.31 Å². The van der Waals surface area contributed by atoms with Crippen molar-refractivity contribution in [1.29, 1.82) is 0 Å². The Bertz CT molecular complexity index is 791. The van der Waals surface area contributed by atoms with Crippen molar-refractivity contribution < 1.29 is 18.0 Å². The van der Waals surface area contributed by atoms with E-state index in [1.54, 1.807) is 17.0 Å². The molecule has 2 N–H and O–H groups in total. The van der Waals surface area contributed by atoms with Gasteiger partial charge in [0.15, 0.2) is 0 Å². The minimum atomic E-state index is -3.78. The molecule has 2 heterocycles. The van der Waals surface area contributed by atoms with Crippen LogP contribution in [0.2, 0.25) is 0 Å². The van der Waals surface area contributed by atoms with Crippen molar-refractivity contribution in [3.8, 4) is 0 Å². The first kappa shape index (κ1) is 16.9. The summed E-state index contributed by atoms with van der Waals surface area (Å²) in [4.78, 5) is 25.0. The predicted molar refractivity (Wildman–Crippen MR) is 88.9 cm³/mol. The molecule has 2 amide bonds. The highest BCUT2D eigenvalue weighted by Gasteiger charge is 2.38. The molecular weight excluding hydrogens is 330 g/mol. The van der Waals surface area contributed by atoms with Gasteiger partial charge in [0.05, 0.1) is 4.90 Å². The molecule has 130 valence electrons. The van der Waals surface area contributed by atoms with Gasteiger partial charge in [0, 0.05) is 25.7 Å². The quantitative estimate of drug-likeness (QED) is 0.863. The van der Waals surface area contributed by atoms with Crippen molar-refractivity contribution in [2.75, 3.05) is 18.0 Å². The summed E-state index contributed by atoms with van der Waals surface area (Å²) < 4.78 is 27.0. The molecule has 0 saturated carbocycles. The van der Waals surface area contributed by atoms with Gasteiger partial charge in [0.2, 0.25) is 21.8 Å². The molecule has 3 rings (SSSR count). The van der Waals surface area contributed by atoms with Crippen LogP contribution in [-0.2, 0) is 26.0 Å². The number of nitrogens with two attached hydrogens (primary N) is 1. The summed E-state index contributed by atoms with van der Waals surface area (Å²) in [6.07, 6.45) is 2.60. The second-order valence-corrected chi connectivity index (χ2v) is 8.13. The second-order valence-electron chi connectivity index (χ2n) is 6.24. The highest BCUT2D eigenvalue weighted by atomic mass is 32.2. The summed E-state index contributed by atoms with van der Waals surface area (Å²) in [5, 5.41) is 0. The molecule has 1 atom stereocenters. The number of carbonyl (C=O) groups is 2. The fraction of sp³-hybridized carbons (Fsp3) is 0.500. The fourth-order valence-corrected chi connectivity index (χ4v) is 5.22. The number of benzene rings is 1. The summed E-state index contributed by atoms with van der Waals surface area (Å²) in [6.45, 7) is 2.44. The van der Waals surface area contributed by atoms with E-state index in [0.29, 0.717) is 25.9 Å². The summed E-state index contributed by atoms with van der Waals surface area (Å²) in [5.74, 6) is -0.670. The fourth-order valence-electron chi connectivity index (χ4n) is 3.51. The van der Waals surface area contributed by atoms with E-state index in [0.717, 1.165) is 24.1 Å². The summed E-state index contributed by atoms with van der Waals surface area (Å²) in [6, 6.07) is 4.03. The minimum Gasteiger partial charge on any atom is -0.368 e. The van der Waals surface area contributed by atoms with E-state index in [-0.39, 0.29) is 10.8 Å². The molecule has 0 aliphatic carbocycles. The summed E-state index contributed by atoms with van der Waals surface area (Å²) in [7, 11) is -3.78. The van der Waals surface area contributed by atoms with Gasteiger partial charge in [0.25, 0.3) is 0 Å². The Labute approximate surface area is 141 Å². The lowest BCUT2D eigenvalue weighted by molar-refractivity contribution is -0.121. The third kappa shape index (κ3) is 2.80. The van der Waals surface area contributed by atoms with Crippen LogP contribution < -0.4 is 10.6 Å². The summed E-state index contributed by atoms with van der Waals surface area (Å²) in [5.41, 5.74) is 6.94. The van der Waals surface area contributed by atoms with Crippen LogP contribution in [0.5, 0.6) is 0 Å². The van der Waals surface area contributed by atoms with Gasteiger partial charge in [-0.15, -0.1) is 0 Å². The van der Waals surface area contributed by atoms with Crippen LogP contribution in [-0.4, -0.2) is 43.7 Å². The van der Waals surface area contributed by atoms with Crippen LogP contribution in [0.25, 0.3) is 0 Å². The number of aryl methyl sites for hydroxylation is 1. The van der Waals surface area contributed by atoms with Gasteiger partial charge < -0.3 is 10.6 Å². The van der Waals surface area contributed by atoms with E-state index in [1.165, 1.54) is 17.3 Å². The van der Waals surface area contributed by atoms with E-state index in [1.807, 2.05) is 0 Å². The third-order valence-electron chi connectivity index (χ3n) is 4.69. The molecule has 1 fully saturated rings. The number of fused-ring (bicyclic) bond motifs is 1. The number of rotatable bonds is 3. The Hall–Kier alpha value is -1.93. The first-order valence-corrected chi connectivity index (χ1v) is 9.48. The lowest BCUT2D eigenvalue weighted by Gasteiger charge is -2.29. The zero-order valence-corrected chi connectivity index (χ0v) is 14.4. The Morgan fingerprint density at radius 2 is 1.96 bits per heavy atom. The molecule has 0 unspecified atom stereocenters. The largest absolute Gasteiger partial charge is 0.368 e. The average Bonchev–Trinajstić information content (AvgIpc) is 3.04. The number of carbonyl (C=O) groups excluding carboxylic acids is 2. The first-order valence-electron chi connectivity index (χ1n) is 8.04. The van der Waals surface area contributed by atoms with Crippen molar-refractivity contribution in [2.24, 2.45) is 5.73 Å². The third-order valence-corrected chi connectivity index (χ3v) is 6.59. The lowest BCUT2D eigenvalue weighted by Crippen LogP contribution is -2.43. The van der Waals surface area contributed by atoms with Crippen molar-refractivity contribution >= 4 is 27.5 Å². The molecule has 0 spiro atoms. The maximum atomic E-state index is 12.9. The molecule has 1 saturated heterocycles. The van der Waals surface area contributed by atoms with Crippen LogP contribution in [0, 0.1) is 0 Å². The van der Waals surface area contributed by atoms with Gasteiger partial charge in [-0.25, -0.2) is 8.42 Å². The van der Waals surface area contributed by atoms with E-state index in [9.17, 15) is 18.0 Å². The van der Waals surface area contributed by atoms with Crippen LogP contribution in [0.15, 0.2) is 23.1 Å². The van der Waals surface area contributed by atoms with E-state index in [2.05, 4.69) is 0 Å². The summed E-state index contributed by atoms with van der Waals surface area (Å²) >= 11 is 0. The highest BCUT2D eigenvalue weighted by Crippen LogP contribution is 2.32. The van der Waals surface area contributed by atoms with Gasteiger partial charge in [-0.1, -0.05) is 0 Å². The molecule has 7 nitrogen and oxygen atoms in total. The van der Waals surface area contributed by atoms with Crippen LogP contribution in [0.3, 0.4) is 0 Å². The highest BCUT2D eigenvalue weighted by molar-refractivity contribution is 7.89. The molecule has 2 aliphatic rings. The van der Waals surface area contributed by atoms with Gasteiger partial charge in [0.1, 0.15) is 6.04 Å². The number of hydrogen-bond donors (Lipinski definition) is 1. The SMILES string of the molecule is CC(=O)N1CCCc2cc(S(=O)(=O)N3CCC[C@H]3C(N)=O)ccc21. The van der Waals surface area contributed by atoms with Gasteiger partial charge >= 0.3 is 0 Å². The molecule has 1 aromatic rings. The standard InChI is InChI=1S/C16H21N3O4S/c1-11(20)18-8-2-4-12-10-13(6-7-14(12)18)24(22,23)19-9-3-5-15(19)16(17)21/h6-7,10,15H,2-5,8-9H2,1H3,(H2,17,21)/t15-/m0/s1. The van der Waals surface area contributed by atoms with Gasteiger partial charge in [-0.05, 0) is 49.4 Å². The number of anilines is 1. The Morgan fingerprint density at radius 1 is 1.21 bits per heavy atom.